The summed E-state index contributed by atoms with van der Waals surface area (Å²) < 4.78 is 0. The van der Waals surface area contributed by atoms with E-state index in [9.17, 15) is 15.8 Å². The Morgan fingerprint density at radius 3 is 2.24 bits per heavy atom. The molecule has 2 N–H and O–H groups in total. The molecule has 1 aromatic carbocycles. The van der Waals surface area contributed by atoms with Gasteiger partial charge in [-0.25, -0.2) is 0 Å². The lowest BCUT2D eigenvalue weighted by Gasteiger charge is -2.45. The van der Waals surface area contributed by atoms with Crippen LogP contribution in [-0.2, 0) is 5.41 Å². The van der Waals surface area contributed by atoms with E-state index in [1.54, 1.807) is 0 Å². The molecule has 5 heteroatoms. The SMILES string of the molecule is CCN1CC=C2C(C#N)=C(N)C(C#N)(C#N)C(c3ccc(C(C)(C)C)cc3)C2C1. The van der Waals surface area contributed by atoms with Crippen LogP contribution in [0.25, 0.3) is 0 Å². The Hall–Kier alpha value is -3.07. The molecule has 0 bridgehead atoms. The predicted molar refractivity (Wildman–Crippen MR) is 112 cm³/mol. The van der Waals surface area contributed by atoms with E-state index in [0.29, 0.717) is 12.1 Å². The molecule has 148 valence electrons. The molecule has 0 spiro atoms. The van der Waals surface area contributed by atoms with E-state index >= 15 is 0 Å². The molecule has 1 heterocycles. The maximum atomic E-state index is 10.1. The van der Waals surface area contributed by atoms with Gasteiger partial charge in [-0.1, -0.05) is 58.0 Å². The van der Waals surface area contributed by atoms with E-state index in [4.69, 9.17) is 5.73 Å². The van der Waals surface area contributed by atoms with Crippen LogP contribution in [0.15, 0.2) is 47.2 Å². The number of likely N-dealkylation sites (N-methyl/N-ethyl adjacent to an activating group) is 1. The van der Waals surface area contributed by atoms with Crippen molar-refractivity contribution < 1.29 is 0 Å². The Morgan fingerprint density at radius 2 is 1.76 bits per heavy atom. The van der Waals surface area contributed by atoms with Crippen LogP contribution in [0.2, 0.25) is 0 Å². The fourth-order valence-electron chi connectivity index (χ4n) is 4.56. The second kappa shape index (κ2) is 7.40. The Morgan fingerprint density at radius 1 is 1.14 bits per heavy atom. The Labute approximate surface area is 173 Å². The van der Waals surface area contributed by atoms with E-state index in [1.807, 2.05) is 18.2 Å². The molecule has 2 atom stereocenters. The third kappa shape index (κ3) is 3.21. The number of nitrogens with two attached hydrogens (primary N) is 1. The highest BCUT2D eigenvalue weighted by Crippen LogP contribution is 2.54. The van der Waals surface area contributed by atoms with Crippen molar-refractivity contribution >= 4 is 0 Å². The van der Waals surface area contributed by atoms with Crippen LogP contribution >= 0.6 is 0 Å². The lowest BCUT2D eigenvalue weighted by Crippen LogP contribution is -2.48. The standard InChI is InChI=1S/C24H27N5/c1-5-29-11-10-18-19(12-25)22(28)24(14-26,15-27)21(20(18)13-29)16-6-8-17(9-7-16)23(2,3)4/h6-10,20-21H,5,11,13,28H2,1-4H3. The van der Waals surface area contributed by atoms with Crippen molar-refractivity contribution in [3.63, 3.8) is 0 Å². The molecule has 2 unspecified atom stereocenters. The highest BCUT2D eigenvalue weighted by atomic mass is 15.1. The molecule has 29 heavy (non-hydrogen) atoms. The Bertz CT molecular complexity index is 972. The second-order valence-electron chi connectivity index (χ2n) is 8.90. The van der Waals surface area contributed by atoms with E-state index in [0.717, 1.165) is 24.2 Å². The molecule has 2 aliphatic rings. The van der Waals surface area contributed by atoms with Crippen molar-refractivity contribution in [2.24, 2.45) is 17.1 Å². The fraction of sp³-hybridized carbons (Fsp3) is 0.458. The van der Waals surface area contributed by atoms with Gasteiger partial charge < -0.3 is 5.73 Å². The topological polar surface area (TPSA) is 101 Å². The van der Waals surface area contributed by atoms with E-state index < -0.39 is 11.3 Å². The predicted octanol–water partition coefficient (Wildman–Crippen LogP) is 3.73. The highest BCUT2D eigenvalue weighted by Gasteiger charge is 2.54. The average molecular weight is 386 g/mol. The molecular formula is C24H27N5. The summed E-state index contributed by atoms with van der Waals surface area (Å²) in [6.07, 6.45) is 2.04. The van der Waals surface area contributed by atoms with Gasteiger partial charge in [0.15, 0.2) is 5.41 Å². The summed E-state index contributed by atoms with van der Waals surface area (Å²) >= 11 is 0. The first-order chi connectivity index (χ1) is 13.7. The third-order valence-corrected chi connectivity index (χ3v) is 6.32. The molecule has 1 aliphatic carbocycles. The summed E-state index contributed by atoms with van der Waals surface area (Å²) in [5.74, 6) is -0.561. The molecule has 0 radical (unpaired) electrons. The van der Waals surface area contributed by atoms with Crippen LogP contribution in [0.4, 0.5) is 0 Å². The van der Waals surface area contributed by atoms with Crippen LogP contribution in [0.1, 0.15) is 44.7 Å². The van der Waals surface area contributed by atoms with Crippen LogP contribution in [0.5, 0.6) is 0 Å². The molecule has 0 fully saturated rings. The molecule has 5 nitrogen and oxygen atoms in total. The van der Waals surface area contributed by atoms with Crippen molar-refractivity contribution in [2.75, 3.05) is 19.6 Å². The minimum absolute atomic E-state index is 0.00839. The third-order valence-electron chi connectivity index (χ3n) is 6.32. The zero-order chi connectivity index (χ0) is 21.4. The number of nitriles is 3. The molecular weight excluding hydrogens is 358 g/mol. The van der Waals surface area contributed by atoms with Gasteiger partial charge in [0.1, 0.15) is 6.07 Å². The number of fused-ring (bicyclic) bond motifs is 1. The van der Waals surface area contributed by atoms with E-state index in [-0.39, 0.29) is 17.0 Å². The smallest absolute Gasteiger partial charge is 0.191 e. The molecule has 3 rings (SSSR count). The lowest BCUT2D eigenvalue weighted by atomic mass is 9.58. The maximum Gasteiger partial charge on any atom is 0.191 e. The summed E-state index contributed by atoms with van der Waals surface area (Å²) in [7, 11) is 0. The van der Waals surface area contributed by atoms with Crippen LogP contribution in [0, 0.1) is 45.3 Å². The Kier molecular flexibility index (Phi) is 5.27. The monoisotopic (exact) mass is 385 g/mol. The minimum atomic E-state index is -1.56. The largest absolute Gasteiger partial charge is 0.399 e. The van der Waals surface area contributed by atoms with Crippen molar-refractivity contribution in [3.8, 4) is 18.2 Å². The quantitative estimate of drug-likeness (QED) is 0.836. The van der Waals surface area contributed by atoms with Crippen LogP contribution in [-0.4, -0.2) is 24.5 Å². The molecule has 0 aromatic heterocycles. The van der Waals surface area contributed by atoms with Gasteiger partial charge in [0.05, 0.1) is 23.4 Å². The zero-order valence-corrected chi connectivity index (χ0v) is 17.5. The molecule has 1 aromatic rings. The first kappa shape index (κ1) is 20.7. The van der Waals surface area contributed by atoms with Crippen molar-refractivity contribution in [3.05, 3.63) is 58.3 Å². The second-order valence-corrected chi connectivity index (χ2v) is 8.90. The number of nitrogens with zero attached hydrogens (tertiary/aromatic N) is 4. The Balaban J connectivity index is 2.25. The summed E-state index contributed by atoms with van der Waals surface area (Å²) in [5, 5.41) is 30.0. The molecule has 0 amide bonds. The summed E-state index contributed by atoms with van der Waals surface area (Å²) in [6, 6.07) is 14.7. The summed E-state index contributed by atoms with van der Waals surface area (Å²) in [4.78, 5) is 2.26. The summed E-state index contributed by atoms with van der Waals surface area (Å²) in [5.41, 5.74) is 8.16. The first-order valence-corrected chi connectivity index (χ1v) is 9.99. The van der Waals surface area contributed by atoms with Gasteiger partial charge in [-0.05, 0) is 28.7 Å². The average Bonchev–Trinajstić information content (AvgIpc) is 2.72. The molecule has 0 saturated heterocycles. The number of benzene rings is 1. The van der Waals surface area contributed by atoms with Gasteiger partial charge in [-0.15, -0.1) is 0 Å². The van der Waals surface area contributed by atoms with Gasteiger partial charge in [0.25, 0.3) is 0 Å². The van der Waals surface area contributed by atoms with Gasteiger partial charge in [0.2, 0.25) is 0 Å². The van der Waals surface area contributed by atoms with Gasteiger partial charge in [-0.3, -0.25) is 4.90 Å². The zero-order valence-electron chi connectivity index (χ0n) is 17.5. The van der Waals surface area contributed by atoms with Gasteiger partial charge in [-0.2, -0.15) is 15.8 Å². The maximum absolute atomic E-state index is 10.1. The first-order valence-electron chi connectivity index (χ1n) is 9.99. The van der Waals surface area contributed by atoms with Crippen LogP contribution in [0.3, 0.4) is 0 Å². The van der Waals surface area contributed by atoms with Gasteiger partial charge >= 0.3 is 0 Å². The van der Waals surface area contributed by atoms with E-state index in [1.165, 1.54) is 5.56 Å². The number of hydrogen-bond donors (Lipinski definition) is 1. The molecule has 1 aliphatic heterocycles. The van der Waals surface area contributed by atoms with Crippen molar-refractivity contribution in [1.29, 1.82) is 15.8 Å². The van der Waals surface area contributed by atoms with Crippen LogP contribution < -0.4 is 5.73 Å². The van der Waals surface area contributed by atoms with Gasteiger partial charge in [0, 0.05) is 24.9 Å². The number of hydrogen-bond acceptors (Lipinski definition) is 5. The normalized spacial score (nSPS) is 24.0. The minimum Gasteiger partial charge on any atom is -0.399 e. The molecule has 0 saturated carbocycles. The highest BCUT2D eigenvalue weighted by molar-refractivity contribution is 5.59. The van der Waals surface area contributed by atoms with E-state index in [2.05, 4.69) is 62.9 Å². The fourth-order valence-corrected chi connectivity index (χ4v) is 4.56. The van der Waals surface area contributed by atoms with Crippen molar-refractivity contribution in [1.82, 2.24) is 4.90 Å². The number of allylic oxidation sites excluding steroid dienone is 2. The number of rotatable bonds is 2. The van der Waals surface area contributed by atoms with Crippen molar-refractivity contribution in [2.45, 2.75) is 39.0 Å². The summed E-state index contributed by atoms with van der Waals surface area (Å²) in [6.45, 7) is 10.8. The lowest BCUT2D eigenvalue weighted by molar-refractivity contribution is 0.214.